The van der Waals surface area contributed by atoms with E-state index >= 15 is 0 Å². The largest absolute Gasteiger partial charge is 0.334 e. The van der Waals surface area contributed by atoms with Crippen molar-refractivity contribution < 1.29 is 13.2 Å². The van der Waals surface area contributed by atoms with Gasteiger partial charge in [0, 0.05) is 50.1 Å². The molecule has 7 nitrogen and oxygen atoms in total. The molecule has 1 saturated carbocycles. The summed E-state index contributed by atoms with van der Waals surface area (Å²) in [5.41, 5.74) is 4.45. The van der Waals surface area contributed by atoms with Crippen molar-refractivity contribution in [3.05, 3.63) is 83.2 Å². The van der Waals surface area contributed by atoms with Crippen LogP contribution in [0.25, 0.3) is 0 Å². The van der Waals surface area contributed by atoms with E-state index in [1.165, 1.54) is 29.8 Å². The number of carbonyl (C=O) groups is 1. The lowest BCUT2D eigenvalue weighted by Gasteiger charge is -2.18. The van der Waals surface area contributed by atoms with Crippen molar-refractivity contribution in [3.63, 3.8) is 0 Å². The van der Waals surface area contributed by atoms with Crippen molar-refractivity contribution >= 4 is 15.9 Å². The van der Waals surface area contributed by atoms with E-state index in [2.05, 4.69) is 35.6 Å². The number of hydrogen-bond acceptors (Lipinski definition) is 4. The highest BCUT2D eigenvalue weighted by molar-refractivity contribution is 7.91. The second kappa shape index (κ2) is 9.49. The summed E-state index contributed by atoms with van der Waals surface area (Å²) in [7, 11) is -1.22. The number of nitrogens with zero attached hydrogens (tertiary/aromatic N) is 3. The number of sulfone groups is 1. The summed E-state index contributed by atoms with van der Waals surface area (Å²) in [6.45, 7) is 3.24. The first-order chi connectivity index (χ1) is 16.9. The van der Waals surface area contributed by atoms with Crippen LogP contribution in [0.4, 0.5) is 4.79 Å². The Morgan fingerprint density at radius 2 is 1.71 bits per heavy atom. The van der Waals surface area contributed by atoms with E-state index in [0.717, 1.165) is 5.56 Å². The highest BCUT2D eigenvalue weighted by Gasteiger charge is 2.39. The van der Waals surface area contributed by atoms with Crippen molar-refractivity contribution in [2.24, 2.45) is 7.05 Å². The predicted molar refractivity (Wildman–Crippen MR) is 135 cm³/mol. The number of likely N-dealkylation sites (tertiary alicyclic amines) is 1. The number of nitrogens with one attached hydrogen (secondary N) is 1. The normalized spacial score (nSPS) is 20.2. The Balaban J connectivity index is 1.30. The van der Waals surface area contributed by atoms with Gasteiger partial charge in [0.1, 0.15) is 0 Å². The molecule has 1 aliphatic carbocycles. The third kappa shape index (κ3) is 4.98. The van der Waals surface area contributed by atoms with Crippen LogP contribution in [-0.2, 0) is 23.4 Å². The highest BCUT2D eigenvalue weighted by atomic mass is 32.2. The average molecular weight is 493 g/mol. The molecule has 1 saturated heterocycles. The van der Waals surface area contributed by atoms with Gasteiger partial charge >= 0.3 is 6.03 Å². The van der Waals surface area contributed by atoms with Crippen LogP contribution in [0.2, 0.25) is 0 Å². The second-order valence-electron chi connectivity index (χ2n) is 9.63. The fraction of sp³-hybridized carbons (Fsp3) is 0.407. The first-order valence-corrected chi connectivity index (χ1v) is 13.9. The SMILES string of the molecule is CCS(=O)(=O)c1ccc(CNC(=O)N2CC(c3ccccc3)C(c3cc(C4CC4)nn3C)C2)cc1. The molecule has 2 aliphatic rings. The molecule has 2 unspecified atom stereocenters. The van der Waals surface area contributed by atoms with E-state index in [-0.39, 0.29) is 23.6 Å². The van der Waals surface area contributed by atoms with Gasteiger partial charge in [0.25, 0.3) is 0 Å². The third-order valence-electron chi connectivity index (χ3n) is 7.25. The lowest BCUT2D eigenvalue weighted by atomic mass is 9.86. The van der Waals surface area contributed by atoms with E-state index in [9.17, 15) is 13.2 Å². The minimum atomic E-state index is -3.23. The minimum Gasteiger partial charge on any atom is -0.334 e. The lowest BCUT2D eigenvalue weighted by Crippen LogP contribution is -2.38. The molecule has 2 atom stereocenters. The Bertz CT molecular complexity index is 1300. The monoisotopic (exact) mass is 492 g/mol. The number of aryl methyl sites for hydroxylation is 1. The van der Waals surface area contributed by atoms with E-state index in [1.807, 2.05) is 22.7 Å². The van der Waals surface area contributed by atoms with E-state index in [0.29, 0.717) is 30.4 Å². The van der Waals surface area contributed by atoms with Crippen LogP contribution < -0.4 is 5.32 Å². The van der Waals surface area contributed by atoms with Crippen LogP contribution in [0.1, 0.15) is 60.0 Å². The van der Waals surface area contributed by atoms with Crippen LogP contribution in [0.3, 0.4) is 0 Å². The van der Waals surface area contributed by atoms with Gasteiger partial charge in [0.2, 0.25) is 0 Å². The Kier molecular flexibility index (Phi) is 6.40. The lowest BCUT2D eigenvalue weighted by molar-refractivity contribution is 0.207. The third-order valence-corrected chi connectivity index (χ3v) is 9.00. The van der Waals surface area contributed by atoms with Crippen molar-refractivity contribution in [2.45, 2.75) is 49.0 Å². The van der Waals surface area contributed by atoms with Crippen LogP contribution >= 0.6 is 0 Å². The van der Waals surface area contributed by atoms with Crippen LogP contribution in [0, 0.1) is 0 Å². The number of aromatic nitrogens is 2. The predicted octanol–water partition coefficient (Wildman–Crippen LogP) is 4.18. The summed E-state index contributed by atoms with van der Waals surface area (Å²) in [4.78, 5) is 15.4. The first-order valence-electron chi connectivity index (χ1n) is 12.3. The van der Waals surface area contributed by atoms with Gasteiger partial charge in [-0.15, -0.1) is 0 Å². The zero-order valence-electron chi connectivity index (χ0n) is 20.2. The molecular weight excluding hydrogens is 460 g/mol. The van der Waals surface area contributed by atoms with E-state index in [1.54, 1.807) is 31.2 Å². The number of rotatable bonds is 7. The van der Waals surface area contributed by atoms with Gasteiger partial charge in [-0.25, -0.2) is 13.2 Å². The average Bonchev–Trinajstić information content (AvgIpc) is 3.52. The van der Waals surface area contributed by atoms with Crippen molar-refractivity contribution in [2.75, 3.05) is 18.8 Å². The minimum absolute atomic E-state index is 0.0700. The quantitative estimate of drug-likeness (QED) is 0.536. The Morgan fingerprint density at radius 1 is 1.03 bits per heavy atom. The van der Waals surface area contributed by atoms with Crippen LogP contribution in [0.15, 0.2) is 65.6 Å². The summed E-state index contributed by atoms with van der Waals surface area (Å²) in [5.74, 6) is 1.03. The molecule has 184 valence electrons. The molecular formula is C27H32N4O3S. The summed E-state index contributed by atoms with van der Waals surface area (Å²) in [6.07, 6.45) is 2.42. The maximum absolute atomic E-state index is 13.1. The maximum atomic E-state index is 13.1. The number of amides is 2. The molecule has 35 heavy (non-hydrogen) atoms. The number of urea groups is 1. The van der Waals surface area contributed by atoms with E-state index < -0.39 is 9.84 Å². The zero-order chi connectivity index (χ0) is 24.6. The highest BCUT2D eigenvalue weighted by Crippen LogP contribution is 2.43. The Hall–Kier alpha value is -3.13. The molecule has 1 aromatic heterocycles. The first kappa shape index (κ1) is 23.6. The van der Waals surface area contributed by atoms with Gasteiger partial charge in [0.15, 0.2) is 9.84 Å². The molecule has 0 radical (unpaired) electrons. The fourth-order valence-corrected chi connectivity index (χ4v) is 5.89. The molecule has 2 aromatic carbocycles. The van der Waals surface area contributed by atoms with Gasteiger partial charge in [0.05, 0.1) is 16.3 Å². The molecule has 2 amide bonds. The maximum Gasteiger partial charge on any atom is 0.317 e. The second-order valence-corrected chi connectivity index (χ2v) is 11.9. The van der Waals surface area contributed by atoms with Crippen molar-refractivity contribution in [1.29, 1.82) is 0 Å². The van der Waals surface area contributed by atoms with Gasteiger partial charge < -0.3 is 10.2 Å². The standard InChI is InChI=1S/C27H32N4O3S/c1-3-35(33,34)22-13-9-19(10-14-22)16-28-27(32)31-17-23(20-7-5-4-6-8-20)24(18-31)26-15-25(21-11-12-21)29-30(26)2/h4-10,13-15,21,23-24H,3,11-12,16-18H2,1-2H3,(H,28,32). The Morgan fingerprint density at radius 3 is 2.37 bits per heavy atom. The molecule has 3 aromatic rings. The van der Waals surface area contributed by atoms with Gasteiger partial charge in [-0.05, 0) is 42.2 Å². The zero-order valence-corrected chi connectivity index (χ0v) is 21.0. The van der Waals surface area contributed by atoms with Crippen molar-refractivity contribution in [3.8, 4) is 0 Å². The number of hydrogen-bond donors (Lipinski definition) is 1. The molecule has 1 N–H and O–H groups in total. The Labute approximate surface area is 207 Å². The summed E-state index contributed by atoms with van der Waals surface area (Å²) < 4.78 is 26.1. The van der Waals surface area contributed by atoms with E-state index in [4.69, 9.17) is 5.10 Å². The smallest absolute Gasteiger partial charge is 0.317 e. The summed E-state index contributed by atoms with van der Waals surface area (Å²) in [5, 5.41) is 7.80. The van der Waals surface area contributed by atoms with Gasteiger partial charge in [-0.2, -0.15) is 5.10 Å². The topological polar surface area (TPSA) is 84.3 Å². The molecule has 2 fully saturated rings. The van der Waals surface area contributed by atoms with Crippen LogP contribution in [0.5, 0.6) is 0 Å². The molecule has 5 rings (SSSR count). The number of carbonyl (C=O) groups excluding carboxylic acids is 1. The molecule has 0 spiro atoms. The van der Waals surface area contributed by atoms with Gasteiger partial charge in [-0.3, -0.25) is 4.68 Å². The van der Waals surface area contributed by atoms with Crippen molar-refractivity contribution in [1.82, 2.24) is 20.0 Å². The summed E-state index contributed by atoms with van der Waals surface area (Å²) in [6, 6.07) is 19.3. The fourth-order valence-electron chi connectivity index (χ4n) is 5.01. The molecule has 2 heterocycles. The molecule has 8 heteroatoms. The molecule has 1 aliphatic heterocycles. The molecule has 0 bridgehead atoms. The number of benzene rings is 2. The van der Waals surface area contributed by atoms with Gasteiger partial charge in [-0.1, -0.05) is 49.4 Å². The van der Waals surface area contributed by atoms with Crippen LogP contribution in [-0.4, -0.2) is 48.0 Å². The summed E-state index contributed by atoms with van der Waals surface area (Å²) >= 11 is 0.